The fourth-order valence-corrected chi connectivity index (χ4v) is 1.65. The average molecular weight is 277 g/mol. The first-order valence-corrected chi connectivity index (χ1v) is 5.91. The monoisotopic (exact) mass is 276 g/mol. The third kappa shape index (κ3) is 3.19. The zero-order valence-corrected chi connectivity index (χ0v) is 10.9. The van der Waals surface area contributed by atoms with E-state index in [1.54, 1.807) is 18.7 Å². The molecule has 1 unspecified atom stereocenters. The maximum Gasteiger partial charge on any atom is 0.236 e. The van der Waals surface area contributed by atoms with Crippen molar-refractivity contribution in [2.24, 2.45) is 0 Å². The molecule has 15 heavy (non-hydrogen) atoms. The van der Waals surface area contributed by atoms with Gasteiger partial charge in [0, 0.05) is 19.5 Å². The number of likely N-dealkylation sites (tertiary alicyclic amines) is 1. The third-order valence-corrected chi connectivity index (χ3v) is 2.83. The number of carbonyl (C=O) groups excluding carboxylic acids is 2. The van der Waals surface area contributed by atoms with Gasteiger partial charge in [0.15, 0.2) is 0 Å². The number of amides is 2. The molecule has 1 saturated heterocycles. The molecule has 0 saturated carbocycles. The van der Waals surface area contributed by atoms with E-state index in [2.05, 4.69) is 21.2 Å². The first-order valence-electron chi connectivity index (χ1n) is 5.12. The molecule has 1 aliphatic rings. The molecule has 1 aliphatic heterocycles. The maximum atomic E-state index is 11.6. The van der Waals surface area contributed by atoms with E-state index in [-0.39, 0.29) is 17.9 Å². The van der Waals surface area contributed by atoms with E-state index < -0.39 is 4.32 Å². The molecule has 5 heteroatoms. The second-order valence-corrected chi connectivity index (χ2v) is 6.26. The number of nitrogens with zero attached hydrogens (tertiary/aromatic N) is 1. The van der Waals surface area contributed by atoms with Gasteiger partial charge in [-0.3, -0.25) is 9.59 Å². The van der Waals surface area contributed by atoms with Crippen molar-refractivity contribution in [2.75, 3.05) is 13.1 Å². The lowest BCUT2D eigenvalue weighted by molar-refractivity contribution is -0.127. The summed E-state index contributed by atoms with van der Waals surface area (Å²) < 4.78 is -0.574. The summed E-state index contributed by atoms with van der Waals surface area (Å²) in [5.74, 6) is 0.0495. The first kappa shape index (κ1) is 12.5. The summed E-state index contributed by atoms with van der Waals surface area (Å²) in [7, 11) is 0. The Morgan fingerprint density at radius 3 is 2.67 bits per heavy atom. The van der Waals surface area contributed by atoms with Gasteiger partial charge in [0.25, 0.3) is 0 Å². The lowest BCUT2D eigenvalue weighted by Gasteiger charge is -2.20. The molecular formula is C10H17BrN2O2. The van der Waals surface area contributed by atoms with Crippen molar-refractivity contribution in [1.82, 2.24) is 10.2 Å². The first-order chi connectivity index (χ1) is 6.84. The number of nitrogens with one attached hydrogen (secondary N) is 1. The van der Waals surface area contributed by atoms with Crippen molar-refractivity contribution in [3.05, 3.63) is 0 Å². The van der Waals surface area contributed by atoms with Crippen LogP contribution in [0.4, 0.5) is 0 Å². The molecule has 0 aromatic heterocycles. The second kappa shape index (κ2) is 4.51. The smallest absolute Gasteiger partial charge is 0.236 e. The van der Waals surface area contributed by atoms with Crippen LogP contribution in [0.15, 0.2) is 0 Å². The van der Waals surface area contributed by atoms with Crippen LogP contribution in [0.3, 0.4) is 0 Å². The summed E-state index contributed by atoms with van der Waals surface area (Å²) in [4.78, 5) is 24.8. The van der Waals surface area contributed by atoms with Gasteiger partial charge in [0.05, 0.1) is 10.4 Å². The van der Waals surface area contributed by atoms with E-state index in [9.17, 15) is 9.59 Å². The molecule has 1 rings (SSSR count). The van der Waals surface area contributed by atoms with Crippen LogP contribution in [0.5, 0.6) is 0 Å². The fraction of sp³-hybridized carbons (Fsp3) is 0.800. The predicted molar refractivity (Wildman–Crippen MR) is 61.8 cm³/mol. The minimum Gasteiger partial charge on any atom is -0.350 e. The topological polar surface area (TPSA) is 49.4 Å². The van der Waals surface area contributed by atoms with Crippen LogP contribution in [0, 0.1) is 0 Å². The number of likely N-dealkylation sites (N-methyl/N-ethyl adjacent to an activating group) is 1. The number of carbonyl (C=O) groups is 2. The van der Waals surface area contributed by atoms with Crippen molar-refractivity contribution in [1.29, 1.82) is 0 Å². The molecule has 2 amide bonds. The summed E-state index contributed by atoms with van der Waals surface area (Å²) >= 11 is 3.29. The number of rotatable bonds is 3. The Hall–Kier alpha value is -0.580. The molecule has 0 radical (unpaired) electrons. The quantitative estimate of drug-likeness (QED) is 0.779. The SMILES string of the molecule is CCN1CC(NC(=O)C(C)(C)Br)CC1=O. The van der Waals surface area contributed by atoms with Crippen LogP contribution in [-0.4, -0.2) is 40.2 Å². The molecule has 0 aromatic rings. The number of hydrogen-bond acceptors (Lipinski definition) is 2. The molecule has 1 heterocycles. The van der Waals surface area contributed by atoms with E-state index in [1.165, 1.54) is 0 Å². The highest BCUT2D eigenvalue weighted by molar-refractivity contribution is 9.10. The summed E-state index contributed by atoms with van der Waals surface area (Å²) in [5.41, 5.74) is 0. The van der Waals surface area contributed by atoms with E-state index in [1.807, 2.05) is 6.92 Å². The molecule has 0 bridgehead atoms. The highest BCUT2D eigenvalue weighted by Crippen LogP contribution is 2.17. The van der Waals surface area contributed by atoms with E-state index in [0.29, 0.717) is 19.5 Å². The van der Waals surface area contributed by atoms with E-state index >= 15 is 0 Å². The van der Waals surface area contributed by atoms with Gasteiger partial charge in [-0.05, 0) is 20.8 Å². The Morgan fingerprint density at radius 2 is 2.27 bits per heavy atom. The van der Waals surface area contributed by atoms with Gasteiger partial charge < -0.3 is 10.2 Å². The highest BCUT2D eigenvalue weighted by atomic mass is 79.9. The molecular weight excluding hydrogens is 260 g/mol. The minimum absolute atomic E-state index is 0.0400. The zero-order chi connectivity index (χ0) is 11.6. The largest absolute Gasteiger partial charge is 0.350 e. The molecule has 1 fully saturated rings. The Balaban J connectivity index is 2.49. The standard InChI is InChI=1S/C10H17BrN2O2/c1-4-13-6-7(5-8(13)14)12-9(15)10(2,3)11/h7H,4-6H2,1-3H3,(H,12,15). The van der Waals surface area contributed by atoms with Crippen molar-refractivity contribution >= 4 is 27.7 Å². The van der Waals surface area contributed by atoms with Crippen molar-refractivity contribution in [2.45, 2.75) is 37.6 Å². The van der Waals surface area contributed by atoms with Gasteiger partial charge in [0.1, 0.15) is 0 Å². The zero-order valence-electron chi connectivity index (χ0n) is 9.34. The van der Waals surface area contributed by atoms with Gasteiger partial charge in [-0.2, -0.15) is 0 Å². The lowest BCUT2D eigenvalue weighted by atomic mass is 10.1. The summed E-state index contributed by atoms with van der Waals surface area (Å²) in [6.45, 7) is 6.86. The third-order valence-electron chi connectivity index (χ3n) is 2.47. The van der Waals surface area contributed by atoms with E-state index in [4.69, 9.17) is 0 Å². The normalized spacial score (nSPS) is 22.0. The minimum atomic E-state index is -0.574. The fourth-order valence-electron chi connectivity index (χ4n) is 1.53. The number of hydrogen-bond donors (Lipinski definition) is 1. The van der Waals surface area contributed by atoms with Crippen LogP contribution in [0.1, 0.15) is 27.2 Å². The molecule has 4 nitrogen and oxygen atoms in total. The summed E-state index contributed by atoms with van der Waals surface area (Å²) in [6, 6.07) is -0.0400. The molecule has 0 aromatic carbocycles. The van der Waals surface area contributed by atoms with Gasteiger partial charge in [-0.25, -0.2) is 0 Å². The highest BCUT2D eigenvalue weighted by Gasteiger charge is 2.32. The van der Waals surface area contributed by atoms with Crippen molar-refractivity contribution in [3.8, 4) is 0 Å². The summed E-state index contributed by atoms with van der Waals surface area (Å²) in [5, 5.41) is 2.87. The predicted octanol–water partition coefficient (Wildman–Crippen LogP) is 0.897. The second-order valence-electron chi connectivity index (χ2n) is 4.28. The van der Waals surface area contributed by atoms with Crippen LogP contribution in [0.25, 0.3) is 0 Å². The number of halogens is 1. The molecule has 0 aliphatic carbocycles. The Kier molecular flexibility index (Phi) is 3.76. The van der Waals surface area contributed by atoms with Gasteiger partial charge in [-0.1, -0.05) is 15.9 Å². The Morgan fingerprint density at radius 1 is 1.67 bits per heavy atom. The molecule has 0 spiro atoms. The van der Waals surface area contributed by atoms with Gasteiger partial charge >= 0.3 is 0 Å². The van der Waals surface area contributed by atoms with Crippen molar-refractivity contribution in [3.63, 3.8) is 0 Å². The Labute approximate surface area is 98.5 Å². The Bertz CT molecular complexity index is 273. The maximum absolute atomic E-state index is 11.6. The molecule has 1 atom stereocenters. The van der Waals surface area contributed by atoms with Crippen molar-refractivity contribution < 1.29 is 9.59 Å². The summed E-state index contributed by atoms with van der Waals surface area (Å²) in [6.07, 6.45) is 0.419. The van der Waals surface area contributed by atoms with Crippen LogP contribution in [0.2, 0.25) is 0 Å². The lowest BCUT2D eigenvalue weighted by Crippen LogP contribution is -2.44. The van der Waals surface area contributed by atoms with Crippen LogP contribution >= 0.6 is 15.9 Å². The number of alkyl halides is 1. The molecule has 86 valence electrons. The molecule has 1 N–H and O–H groups in total. The van der Waals surface area contributed by atoms with Gasteiger partial charge in [0.2, 0.25) is 11.8 Å². The van der Waals surface area contributed by atoms with E-state index in [0.717, 1.165) is 0 Å². The van der Waals surface area contributed by atoms with Gasteiger partial charge in [-0.15, -0.1) is 0 Å². The average Bonchev–Trinajstić information content (AvgIpc) is 2.44. The van der Waals surface area contributed by atoms with Crippen LogP contribution < -0.4 is 5.32 Å². The van der Waals surface area contributed by atoms with Crippen LogP contribution in [-0.2, 0) is 9.59 Å².